The summed E-state index contributed by atoms with van der Waals surface area (Å²) in [6.07, 6.45) is 3.92. The number of ether oxygens (including phenoxy) is 1. The van der Waals surface area contributed by atoms with Gasteiger partial charge < -0.3 is 4.74 Å². The number of carbonyl (C=O) groups excluding carboxylic acids is 1. The summed E-state index contributed by atoms with van der Waals surface area (Å²) in [4.78, 5) is 13.8. The highest BCUT2D eigenvalue weighted by Gasteiger charge is 2.31. The highest BCUT2D eigenvalue weighted by molar-refractivity contribution is 5.75. The van der Waals surface area contributed by atoms with Gasteiger partial charge in [-0.3, -0.25) is 14.4 Å². The first kappa shape index (κ1) is 13.1. The van der Waals surface area contributed by atoms with Crippen LogP contribution in [0.1, 0.15) is 38.4 Å². The molecule has 1 aromatic rings. The smallest absolute Gasteiger partial charge is 0.323 e. The van der Waals surface area contributed by atoms with Crippen molar-refractivity contribution in [2.75, 3.05) is 13.7 Å². The van der Waals surface area contributed by atoms with Gasteiger partial charge in [-0.15, -0.1) is 0 Å². The maximum atomic E-state index is 11.6. The molecule has 1 aliphatic rings. The van der Waals surface area contributed by atoms with Gasteiger partial charge in [-0.2, -0.15) is 5.10 Å². The summed E-state index contributed by atoms with van der Waals surface area (Å²) >= 11 is 0. The van der Waals surface area contributed by atoms with Crippen LogP contribution < -0.4 is 0 Å². The van der Waals surface area contributed by atoms with E-state index in [2.05, 4.69) is 23.8 Å². The number of likely N-dealkylation sites (tertiary alicyclic amines) is 1. The Hall–Kier alpha value is -1.36. The molecule has 1 aromatic heterocycles. The summed E-state index contributed by atoms with van der Waals surface area (Å²) in [7, 11) is 1.45. The maximum Gasteiger partial charge on any atom is 0.323 e. The van der Waals surface area contributed by atoms with Crippen molar-refractivity contribution in [2.24, 2.45) is 0 Å². The Morgan fingerprint density at radius 1 is 1.61 bits per heavy atom. The van der Waals surface area contributed by atoms with Gasteiger partial charge in [0, 0.05) is 18.8 Å². The molecule has 2 rings (SSSR count). The van der Waals surface area contributed by atoms with Gasteiger partial charge in [-0.05, 0) is 39.3 Å². The Bertz CT molecular complexity index is 414. The van der Waals surface area contributed by atoms with Crippen LogP contribution in [0, 0.1) is 0 Å². The lowest BCUT2D eigenvalue weighted by molar-refractivity contribution is -0.146. The number of hydrogen-bond acceptors (Lipinski definition) is 4. The Labute approximate surface area is 108 Å². The van der Waals surface area contributed by atoms with Gasteiger partial charge in [-0.25, -0.2) is 0 Å². The molecular formula is C13H21N3O2. The third-order valence-electron chi connectivity index (χ3n) is 3.39. The number of aromatic nitrogens is 2. The van der Waals surface area contributed by atoms with E-state index < -0.39 is 0 Å². The molecule has 1 saturated heterocycles. The zero-order valence-corrected chi connectivity index (χ0v) is 11.3. The molecule has 0 radical (unpaired) electrons. The third-order valence-corrected chi connectivity index (χ3v) is 3.39. The third kappa shape index (κ3) is 2.72. The van der Waals surface area contributed by atoms with Crippen molar-refractivity contribution in [3.05, 3.63) is 18.0 Å². The van der Waals surface area contributed by atoms with Gasteiger partial charge in [0.05, 0.1) is 12.8 Å². The number of rotatable bonds is 4. The first-order valence-corrected chi connectivity index (χ1v) is 6.47. The van der Waals surface area contributed by atoms with Gasteiger partial charge >= 0.3 is 5.97 Å². The molecule has 0 aliphatic carbocycles. The molecular weight excluding hydrogens is 230 g/mol. The Balaban J connectivity index is 2.01. The van der Waals surface area contributed by atoms with E-state index in [4.69, 9.17) is 4.74 Å². The summed E-state index contributed by atoms with van der Waals surface area (Å²) in [6.45, 7) is 5.86. The minimum atomic E-state index is -0.129. The number of hydrogen-bond donors (Lipinski definition) is 0. The maximum absolute atomic E-state index is 11.6. The molecule has 5 heteroatoms. The van der Waals surface area contributed by atoms with E-state index in [-0.39, 0.29) is 12.0 Å². The van der Waals surface area contributed by atoms with Crippen LogP contribution in [0.15, 0.2) is 12.3 Å². The van der Waals surface area contributed by atoms with Crippen molar-refractivity contribution >= 4 is 5.97 Å². The Kier molecular flexibility index (Phi) is 4.01. The fraction of sp³-hybridized carbons (Fsp3) is 0.692. The molecule has 0 bridgehead atoms. The van der Waals surface area contributed by atoms with Crippen LogP contribution in [0.2, 0.25) is 0 Å². The SMILES string of the molecule is COC(=O)C1CCCN1Cc1ccn(C(C)C)n1. The van der Waals surface area contributed by atoms with Crippen molar-refractivity contribution in [3.63, 3.8) is 0 Å². The van der Waals surface area contributed by atoms with Gasteiger partial charge in [0.1, 0.15) is 6.04 Å². The number of nitrogens with zero attached hydrogens (tertiary/aromatic N) is 3. The molecule has 1 unspecified atom stereocenters. The van der Waals surface area contributed by atoms with Crippen LogP contribution in [-0.2, 0) is 16.1 Å². The average Bonchev–Trinajstić information content (AvgIpc) is 2.97. The minimum Gasteiger partial charge on any atom is -0.468 e. The largest absolute Gasteiger partial charge is 0.468 e. The van der Waals surface area contributed by atoms with Crippen LogP contribution in [0.5, 0.6) is 0 Å². The van der Waals surface area contributed by atoms with E-state index in [1.54, 1.807) is 0 Å². The van der Waals surface area contributed by atoms with E-state index in [1.807, 2.05) is 16.9 Å². The number of esters is 1. The highest BCUT2D eigenvalue weighted by atomic mass is 16.5. The summed E-state index contributed by atoms with van der Waals surface area (Å²) in [5, 5.41) is 4.52. The summed E-state index contributed by atoms with van der Waals surface area (Å²) in [5.41, 5.74) is 1.01. The van der Waals surface area contributed by atoms with Gasteiger partial charge in [0.2, 0.25) is 0 Å². The van der Waals surface area contributed by atoms with Crippen LogP contribution >= 0.6 is 0 Å². The Morgan fingerprint density at radius 2 is 2.39 bits per heavy atom. The molecule has 0 spiro atoms. The van der Waals surface area contributed by atoms with E-state index in [1.165, 1.54) is 7.11 Å². The molecule has 5 nitrogen and oxygen atoms in total. The molecule has 2 heterocycles. The minimum absolute atomic E-state index is 0.0980. The molecule has 1 atom stereocenters. The van der Waals surface area contributed by atoms with Crippen LogP contribution in [-0.4, -0.2) is 40.3 Å². The predicted octanol–water partition coefficient (Wildman–Crippen LogP) is 1.60. The predicted molar refractivity (Wildman–Crippen MR) is 68.1 cm³/mol. The van der Waals surface area contributed by atoms with Crippen LogP contribution in [0.3, 0.4) is 0 Å². The fourth-order valence-corrected chi connectivity index (χ4v) is 2.38. The first-order valence-electron chi connectivity index (χ1n) is 6.47. The molecule has 1 aliphatic heterocycles. The van der Waals surface area contributed by atoms with Gasteiger partial charge in [0.25, 0.3) is 0 Å². The second-order valence-corrected chi connectivity index (χ2v) is 5.03. The summed E-state index contributed by atoms with van der Waals surface area (Å²) in [6, 6.07) is 2.29. The lowest BCUT2D eigenvalue weighted by Crippen LogP contribution is -2.36. The monoisotopic (exact) mass is 251 g/mol. The highest BCUT2D eigenvalue weighted by Crippen LogP contribution is 2.20. The van der Waals surface area contributed by atoms with Crippen molar-refractivity contribution in [1.82, 2.24) is 14.7 Å². The Morgan fingerprint density at radius 3 is 3.00 bits per heavy atom. The van der Waals surface area contributed by atoms with Crippen molar-refractivity contribution in [1.29, 1.82) is 0 Å². The molecule has 18 heavy (non-hydrogen) atoms. The number of methoxy groups -OCH3 is 1. The van der Waals surface area contributed by atoms with Crippen molar-refractivity contribution in [3.8, 4) is 0 Å². The normalized spacial score (nSPS) is 20.6. The molecule has 0 saturated carbocycles. The summed E-state index contributed by atoms with van der Waals surface area (Å²) in [5.74, 6) is -0.129. The average molecular weight is 251 g/mol. The molecule has 1 fully saturated rings. The van der Waals surface area contributed by atoms with E-state index >= 15 is 0 Å². The second kappa shape index (κ2) is 5.52. The zero-order valence-electron chi connectivity index (χ0n) is 11.3. The van der Waals surface area contributed by atoms with Crippen molar-refractivity contribution in [2.45, 2.75) is 45.3 Å². The molecule has 100 valence electrons. The topological polar surface area (TPSA) is 47.4 Å². The van der Waals surface area contributed by atoms with Gasteiger partial charge in [-0.1, -0.05) is 0 Å². The number of carbonyl (C=O) groups is 1. The van der Waals surface area contributed by atoms with E-state index in [0.717, 1.165) is 31.6 Å². The lowest BCUT2D eigenvalue weighted by Gasteiger charge is -2.21. The standard InChI is InChI=1S/C13H21N3O2/c1-10(2)16-8-6-11(14-16)9-15-7-4-5-12(15)13(17)18-3/h6,8,10,12H,4-5,7,9H2,1-3H3. The van der Waals surface area contributed by atoms with E-state index in [9.17, 15) is 4.79 Å². The van der Waals surface area contributed by atoms with Crippen molar-refractivity contribution < 1.29 is 9.53 Å². The molecule has 0 N–H and O–H groups in total. The zero-order chi connectivity index (χ0) is 13.1. The lowest BCUT2D eigenvalue weighted by atomic mass is 10.2. The first-order chi connectivity index (χ1) is 8.61. The van der Waals surface area contributed by atoms with E-state index in [0.29, 0.717) is 6.04 Å². The fourth-order valence-electron chi connectivity index (χ4n) is 2.38. The molecule has 0 amide bonds. The summed E-state index contributed by atoms with van der Waals surface area (Å²) < 4.78 is 6.78. The van der Waals surface area contributed by atoms with Crippen LogP contribution in [0.25, 0.3) is 0 Å². The second-order valence-electron chi connectivity index (χ2n) is 5.03. The van der Waals surface area contributed by atoms with Crippen LogP contribution in [0.4, 0.5) is 0 Å². The van der Waals surface area contributed by atoms with Gasteiger partial charge in [0.15, 0.2) is 0 Å². The molecule has 0 aromatic carbocycles. The quantitative estimate of drug-likeness (QED) is 0.763.